The molecule has 2 aromatic rings. The number of amides is 1. The number of nitrogens with one attached hydrogen (secondary N) is 1. The lowest BCUT2D eigenvalue weighted by Gasteiger charge is -2.31. The first-order valence-corrected chi connectivity index (χ1v) is 11.1. The molecular formula is C17H19ClN4O4S2. The van der Waals surface area contributed by atoms with Crippen molar-refractivity contribution in [1.29, 1.82) is 0 Å². The topological polar surface area (TPSA) is 124 Å². The van der Waals surface area contributed by atoms with Gasteiger partial charge in [0.05, 0.1) is 22.8 Å². The summed E-state index contributed by atoms with van der Waals surface area (Å²) in [7, 11) is -2.05. The number of pyridine rings is 1. The lowest BCUT2D eigenvalue weighted by Crippen LogP contribution is -2.50. The predicted octanol–water partition coefficient (Wildman–Crippen LogP) is 2.66. The second-order valence-electron chi connectivity index (χ2n) is 6.66. The Bertz CT molecular complexity index is 1060. The summed E-state index contributed by atoms with van der Waals surface area (Å²) in [6, 6.07) is 5.71. The molecule has 0 spiro atoms. The Labute approximate surface area is 171 Å². The van der Waals surface area contributed by atoms with Crippen molar-refractivity contribution in [1.82, 2.24) is 4.98 Å². The molecule has 1 atom stereocenters. The number of anilines is 1. The molecule has 11 heteroatoms. The number of ether oxygens (including phenoxy) is 1. The number of thiophene rings is 1. The van der Waals surface area contributed by atoms with E-state index < -0.39 is 26.5 Å². The lowest BCUT2D eigenvalue weighted by atomic mass is 10.1. The van der Waals surface area contributed by atoms with Crippen LogP contribution in [0, 0.1) is 0 Å². The van der Waals surface area contributed by atoms with Gasteiger partial charge in [-0.05, 0) is 26.0 Å². The lowest BCUT2D eigenvalue weighted by molar-refractivity contribution is 0.103. The molecule has 0 saturated carbocycles. The summed E-state index contributed by atoms with van der Waals surface area (Å²) in [6.45, 7) is 3.04. The molecule has 0 aromatic carbocycles. The van der Waals surface area contributed by atoms with Crippen LogP contribution in [0.25, 0.3) is 0 Å². The Kier molecular flexibility index (Phi) is 5.39. The highest BCUT2D eigenvalue weighted by atomic mass is 35.5. The molecule has 0 bridgehead atoms. The van der Waals surface area contributed by atoms with Gasteiger partial charge in [-0.3, -0.25) is 9.79 Å². The van der Waals surface area contributed by atoms with E-state index in [0.29, 0.717) is 21.5 Å². The van der Waals surface area contributed by atoms with Crippen LogP contribution in [-0.2, 0) is 9.84 Å². The van der Waals surface area contributed by atoms with E-state index in [2.05, 4.69) is 15.3 Å². The van der Waals surface area contributed by atoms with Crippen molar-refractivity contribution in [2.24, 2.45) is 10.7 Å². The van der Waals surface area contributed by atoms with Crippen molar-refractivity contribution >= 4 is 50.3 Å². The summed E-state index contributed by atoms with van der Waals surface area (Å²) in [5.74, 6) is 0.0660. The molecule has 0 aliphatic carbocycles. The molecular weight excluding hydrogens is 424 g/mol. The number of carbonyl (C=O) groups excluding carboxylic acids is 1. The van der Waals surface area contributed by atoms with Gasteiger partial charge in [0.1, 0.15) is 22.4 Å². The number of hydrogen-bond acceptors (Lipinski definition) is 8. The van der Waals surface area contributed by atoms with E-state index in [1.807, 2.05) is 0 Å². The molecule has 0 saturated heterocycles. The minimum atomic E-state index is -3.52. The first kappa shape index (κ1) is 20.6. The van der Waals surface area contributed by atoms with E-state index in [4.69, 9.17) is 22.1 Å². The van der Waals surface area contributed by atoms with E-state index in [9.17, 15) is 13.2 Å². The van der Waals surface area contributed by atoms with E-state index in [1.54, 1.807) is 18.2 Å². The van der Waals surface area contributed by atoms with E-state index in [-0.39, 0.29) is 16.6 Å². The van der Waals surface area contributed by atoms with Crippen molar-refractivity contribution in [2.45, 2.75) is 24.6 Å². The number of nitrogens with zero attached hydrogens (tertiary/aromatic N) is 2. The third kappa shape index (κ3) is 3.71. The second-order valence-corrected chi connectivity index (χ2v) is 10.7. The SMILES string of the molecule is COc1cccc(NC(=O)c2cc(Cl)c([C@@H]3CS(=O)(=O)C(C)(C)C(N)=N3)s2)n1. The van der Waals surface area contributed by atoms with Gasteiger partial charge in [-0.15, -0.1) is 11.3 Å². The van der Waals surface area contributed by atoms with Gasteiger partial charge in [-0.1, -0.05) is 17.7 Å². The number of carbonyl (C=O) groups is 1. The van der Waals surface area contributed by atoms with Gasteiger partial charge in [0, 0.05) is 10.9 Å². The minimum absolute atomic E-state index is 0.0276. The van der Waals surface area contributed by atoms with Gasteiger partial charge >= 0.3 is 0 Å². The average Bonchev–Trinajstić information content (AvgIpc) is 3.01. The fraction of sp³-hybridized carbons (Fsp3) is 0.353. The molecule has 8 nitrogen and oxygen atoms in total. The van der Waals surface area contributed by atoms with Crippen LogP contribution >= 0.6 is 22.9 Å². The van der Waals surface area contributed by atoms with Crippen LogP contribution in [0.2, 0.25) is 5.02 Å². The van der Waals surface area contributed by atoms with Crippen LogP contribution in [0.3, 0.4) is 0 Å². The highest BCUT2D eigenvalue weighted by molar-refractivity contribution is 7.93. The van der Waals surface area contributed by atoms with Gasteiger partial charge in [-0.25, -0.2) is 8.42 Å². The normalized spacial score (nSPS) is 20.3. The monoisotopic (exact) mass is 442 g/mol. The molecule has 1 aliphatic rings. The molecule has 1 aliphatic heterocycles. The standard InChI is InChI=1S/C17H19ClN4O4S2/c1-17(2)16(19)20-10(8-28(17,24)25)14-9(18)7-11(27-14)15(23)22-12-5-4-6-13(21-12)26-3/h4-7,10H,8H2,1-3H3,(H2,19,20)(H,21,22,23)/t10-/m0/s1. The Morgan fingerprint density at radius 2 is 2.14 bits per heavy atom. The number of rotatable bonds is 4. The predicted molar refractivity (Wildman–Crippen MR) is 110 cm³/mol. The van der Waals surface area contributed by atoms with Gasteiger partial charge in [0.2, 0.25) is 5.88 Å². The van der Waals surface area contributed by atoms with Crippen LogP contribution in [0.15, 0.2) is 29.3 Å². The van der Waals surface area contributed by atoms with Crippen molar-refractivity contribution in [3.05, 3.63) is 39.0 Å². The molecule has 0 fully saturated rings. The van der Waals surface area contributed by atoms with Crippen LogP contribution in [0.4, 0.5) is 5.82 Å². The highest BCUT2D eigenvalue weighted by Gasteiger charge is 2.44. The fourth-order valence-electron chi connectivity index (χ4n) is 2.57. The average molecular weight is 443 g/mol. The maximum absolute atomic E-state index is 12.6. The molecule has 150 valence electrons. The number of amidine groups is 1. The third-order valence-corrected chi connectivity index (χ3v) is 8.66. The number of halogens is 1. The summed E-state index contributed by atoms with van der Waals surface area (Å²) in [5, 5.41) is 2.93. The van der Waals surface area contributed by atoms with Gasteiger partial charge in [-0.2, -0.15) is 4.98 Å². The summed E-state index contributed by atoms with van der Waals surface area (Å²) in [6.07, 6.45) is 0. The Morgan fingerprint density at radius 3 is 2.79 bits per heavy atom. The summed E-state index contributed by atoms with van der Waals surface area (Å²) in [4.78, 5) is 21.8. The number of sulfone groups is 1. The third-order valence-electron chi connectivity index (χ3n) is 4.48. The smallest absolute Gasteiger partial charge is 0.266 e. The van der Waals surface area contributed by atoms with Gasteiger partial charge in [0.15, 0.2) is 9.84 Å². The molecule has 2 aromatic heterocycles. The molecule has 3 heterocycles. The van der Waals surface area contributed by atoms with Crippen LogP contribution < -0.4 is 15.8 Å². The van der Waals surface area contributed by atoms with Gasteiger partial charge < -0.3 is 15.8 Å². The van der Waals surface area contributed by atoms with E-state index in [1.165, 1.54) is 27.0 Å². The molecule has 3 N–H and O–H groups in total. The van der Waals surface area contributed by atoms with Crippen LogP contribution in [-0.4, -0.2) is 42.8 Å². The second kappa shape index (κ2) is 7.34. The molecule has 3 rings (SSSR count). The molecule has 1 amide bonds. The molecule has 0 unspecified atom stereocenters. The first-order valence-electron chi connectivity index (χ1n) is 8.23. The zero-order chi connectivity index (χ0) is 20.7. The van der Waals surface area contributed by atoms with Crippen molar-refractivity contribution in [3.8, 4) is 5.88 Å². The largest absolute Gasteiger partial charge is 0.481 e. The van der Waals surface area contributed by atoms with Crippen LogP contribution in [0.1, 0.15) is 34.4 Å². The number of nitrogens with two attached hydrogens (primary N) is 1. The van der Waals surface area contributed by atoms with Crippen molar-refractivity contribution in [3.63, 3.8) is 0 Å². The zero-order valence-electron chi connectivity index (χ0n) is 15.4. The Hall–Kier alpha value is -2.17. The van der Waals surface area contributed by atoms with E-state index >= 15 is 0 Å². The summed E-state index contributed by atoms with van der Waals surface area (Å²) in [5.41, 5.74) is 5.90. The van der Waals surface area contributed by atoms with Crippen LogP contribution in [0.5, 0.6) is 5.88 Å². The minimum Gasteiger partial charge on any atom is -0.481 e. The number of hydrogen-bond donors (Lipinski definition) is 2. The van der Waals surface area contributed by atoms with Gasteiger partial charge in [0.25, 0.3) is 5.91 Å². The number of aromatic nitrogens is 1. The molecule has 0 radical (unpaired) electrons. The maximum Gasteiger partial charge on any atom is 0.266 e. The quantitative estimate of drug-likeness (QED) is 0.750. The maximum atomic E-state index is 12.6. The highest BCUT2D eigenvalue weighted by Crippen LogP contribution is 2.39. The van der Waals surface area contributed by atoms with Crippen molar-refractivity contribution in [2.75, 3.05) is 18.2 Å². The summed E-state index contributed by atoms with van der Waals surface area (Å²) < 4.78 is 28.9. The number of aliphatic imine (C=N–C) groups is 1. The zero-order valence-corrected chi connectivity index (χ0v) is 17.8. The van der Waals surface area contributed by atoms with Crippen molar-refractivity contribution < 1.29 is 17.9 Å². The Morgan fingerprint density at radius 1 is 1.43 bits per heavy atom. The molecule has 28 heavy (non-hydrogen) atoms. The first-order chi connectivity index (χ1) is 13.0. The number of methoxy groups -OCH3 is 1. The van der Waals surface area contributed by atoms with E-state index in [0.717, 1.165) is 11.3 Å². The summed E-state index contributed by atoms with van der Waals surface area (Å²) >= 11 is 7.35. The Balaban J connectivity index is 1.87. The fourth-order valence-corrected chi connectivity index (χ4v) is 5.52.